The Bertz CT molecular complexity index is 537. The molecular formula is C12H11BrClN3. The molecular weight excluding hydrogens is 302 g/mol. The van der Waals surface area contributed by atoms with Crippen LogP contribution in [0.1, 0.15) is 11.4 Å². The van der Waals surface area contributed by atoms with Crippen LogP contribution in [-0.2, 0) is 0 Å². The van der Waals surface area contributed by atoms with Crippen LogP contribution in [0.15, 0.2) is 28.7 Å². The fourth-order valence-corrected chi connectivity index (χ4v) is 2.27. The maximum absolute atomic E-state index is 5.88. The number of benzene rings is 1. The maximum Gasteiger partial charge on any atom is 0.135 e. The van der Waals surface area contributed by atoms with Gasteiger partial charge >= 0.3 is 0 Å². The molecule has 0 aliphatic heterocycles. The van der Waals surface area contributed by atoms with Crippen molar-refractivity contribution < 1.29 is 0 Å². The van der Waals surface area contributed by atoms with Gasteiger partial charge in [0.05, 0.1) is 5.69 Å². The molecule has 88 valence electrons. The molecule has 0 saturated carbocycles. The molecule has 0 unspecified atom stereocenters. The van der Waals surface area contributed by atoms with Gasteiger partial charge in [-0.1, -0.05) is 17.7 Å². The van der Waals surface area contributed by atoms with Crippen molar-refractivity contribution in [1.82, 2.24) is 9.97 Å². The third-order valence-electron chi connectivity index (χ3n) is 2.19. The van der Waals surface area contributed by atoms with Crippen LogP contribution < -0.4 is 5.32 Å². The molecule has 0 aliphatic rings. The van der Waals surface area contributed by atoms with E-state index in [1.165, 1.54) is 5.56 Å². The standard InChI is InChI=1S/C12H11BrClN3/c1-7-3-4-10(9(13)5-7)17-12-6-11(14)15-8(2)16-12/h3-6H,1-2H3,(H,15,16,17). The highest BCUT2D eigenvalue weighted by molar-refractivity contribution is 9.10. The predicted octanol–water partition coefficient (Wildman–Crippen LogP) is 4.25. The lowest BCUT2D eigenvalue weighted by atomic mass is 10.2. The first-order valence-electron chi connectivity index (χ1n) is 5.09. The first-order valence-corrected chi connectivity index (χ1v) is 6.26. The number of anilines is 2. The van der Waals surface area contributed by atoms with Gasteiger partial charge in [-0.05, 0) is 47.5 Å². The third kappa shape index (κ3) is 3.17. The fraction of sp³-hybridized carbons (Fsp3) is 0.167. The lowest BCUT2D eigenvalue weighted by Crippen LogP contribution is -1.98. The van der Waals surface area contributed by atoms with Crippen molar-refractivity contribution in [1.29, 1.82) is 0 Å². The molecule has 1 aromatic carbocycles. The SMILES string of the molecule is Cc1ccc(Nc2cc(Cl)nc(C)n2)c(Br)c1. The largest absolute Gasteiger partial charge is 0.339 e. The maximum atomic E-state index is 5.88. The van der Waals surface area contributed by atoms with Gasteiger partial charge in [-0.15, -0.1) is 0 Å². The zero-order chi connectivity index (χ0) is 12.4. The van der Waals surface area contributed by atoms with Gasteiger partial charge in [0.1, 0.15) is 16.8 Å². The van der Waals surface area contributed by atoms with Crippen LogP contribution in [0.2, 0.25) is 5.15 Å². The molecule has 0 fully saturated rings. The van der Waals surface area contributed by atoms with Gasteiger partial charge in [0, 0.05) is 10.5 Å². The minimum absolute atomic E-state index is 0.434. The van der Waals surface area contributed by atoms with Crippen molar-refractivity contribution in [2.75, 3.05) is 5.32 Å². The summed E-state index contributed by atoms with van der Waals surface area (Å²) in [6.45, 7) is 3.85. The number of nitrogens with zero attached hydrogens (tertiary/aromatic N) is 2. The summed E-state index contributed by atoms with van der Waals surface area (Å²) in [7, 11) is 0. The summed E-state index contributed by atoms with van der Waals surface area (Å²) < 4.78 is 0.991. The Hall–Kier alpha value is -1.13. The first-order chi connectivity index (χ1) is 8.04. The van der Waals surface area contributed by atoms with E-state index in [-0.39, 0.29) is 0 Å². The monoisotopic (exact) mass is 311 g/mol. The van der Waals surface area contributed by atoms with Crippen LogP contribution >= 0.6 is 27.5 Å². The minimum atomic E-state index is 0.434. The summed E-state index contributed by atoms with van der Waals surface area (Å²) in [5, 5.41) is 3.63. The molecule has 0 saturated heterocycles. The number of aryl methyl sites for hydroxylation is 2. The van der Waals surface area contributed by atoms with Crippen LogP contribution in [0.5, 0.6) is 0 Å². The molecule has 0 bridgehead atoms. The Morgan fingerprint density at radius 3 is 2.59 bits per heavy atom. The Kier molecular flexibility index (Phi) is 3.64. The van der Waals surface area contributed by atoms with E-state index >= 15 is 0 Å². The molecule has 1 N–H and O–H groups in total. The molecule has 2 aromatic rings. The summed E-state index contributed by atoms with van der Waals surface area (Å²) in [6, 6.07) is 7.76. The molecule has 5 heteroatoms. The van der Waals surface area contributed by atoms with Gasteiger partial charge in [-0.3, -0.25) is 0 Å². The molecule has 1 aromatic heterocycles. The molecule has 0 amide bonds. The van der Waals surface area contributed by atoms with Crippen LogP contribution in [-0.4, -0.2) is 9.97 Å². The van der Waals surface area contributed by atoms with Gasteiger partial charge in [0.2, 0.25) is 0 Å². The summed E-state index contributed by atoms with van der Waals surface area (Å²) in [5.41, 5.74) is 2.14. The number of nitrogens with one attached hydrogen (secondary N) is 1. The van der Waals surface area contributed by atoms with Crippen molar-refractivity contribution in [3.05, 3.63) is 45.3 Å². The lowest BCUT2D eigenvalue weighted by Gasteiger charge is -2.09. The second-order valence-corrected chi connectivity index (χ2v) is 4.97. The van der Waals surface area contributed by atoms with Crippen molar-refractivity contribution in [2.45, 2.75) is 13.8 Å². The molecule has 3 nitrogen and oxygen atoms in total. The highest BCUT2D eigenvalue weighted by Gasteiger charge is 2.03. The predicted molar refractivity (Wildman–Crippen MR) is 73.9 cm³/mol. The molecule has 0 spiro atoms. The highest BCUT2D eigenvalue weighted by atomic mass is 79.9. The van der Waals surface area contributed by atoms with E-state index in [9.17, 15) is 0 Å². The van der Waals surface area contributed by atoms with Gasteiger partial charge in [0.25, 0.3) is 0 Å². The van der Waals surface area contributed by atoms with Crippen molar-refractivity contribution >= 4 is 39.0 Å². The van der Waals surface area contributed by atoms with Gasteiger partial charge in [0.15, 0.2) is 0 Å². The Balaban J connectivity index is 2.31. The average Bonchev–Trinajstić information content (AvgIpc) is 2.21. The number of aromatic nitrogens is 2. The second-order valence-electron chi connectivity index (χ2n) is 3.73. The summed E-state index contributed by atoms with van der Waals surface area (Å²) in [5.74, 6) is 1.33. The highest BCUT2D eigenvalue weighted by Crippen LogP contribution is 2.26. The molecule has 2 rings (SSSR count). The normalized spacial score (nSPS) is 10.4. The second kappa shape index (κ2) is 5.02. The Morgan fingerprint density at radius 2 is 1.94 bits per heavy atom. The Morgan fingerprint density at radius 1 is 1.18 bits per heavy atom. The Labute approximate surface area is 113 Å². The zero-order valence-corrected chi connectivity index (χ0v) is 11.8. The van der Waals surface area contributed by atoms with E-state index in [0.29, 0.717) is 16.8 Å². The molecule has 1 heterocycles. The summed E-state index contributed by atoms with van der Waals surface area (Å²) in [4.78, 5) is 8.28. The lowest BCUT2D eigenvalue weighted by molar-refractivity contribution is 1.06. The number of halogens is 2. The summed E-state index contributed by atoms with van der Waals surface area (Å²) >= 11 is 9.38. The number of hydrogen-bond donors (Lipinski definition) is 1. The fourth-order valence-electron chi connectivity index (χ4n) is 1.45. The van der Waals surface area contributed by atoms with E-state index < -0.39 is 0 Å². The van der Waals surface area contributed by atoms with Gasteiger partial charge < -0.3 is 5.32 Å². The van der Waals surface area contributed by atoms with Gasteiger partial charge in [-0.2, -0.15) is 0 Å². The van der Waals surface area contributed by atoms with Gasteiger partial charge in [-0.25, -0.2) is 9.97 Å². The van der Waals surface area contributed by atoms with E-state index in [0.717, 1.165) is 10.2 Å². The van der Waals surface area contributed by atoms with Crippen molar-refractivity contribution in [2.24, 2.45) is 0 Å². The zero-order valence-electron chi connectivity index (χ0n) is 9.46. The number of rotatable bonds is 2. The van der Waals surface area contributed by atoms with E-state index in [1.54, 1.807) is 13.0 Å². The quantitative estimate of drug-likeness (QED) is 0.842. The first kappa shape index (κ1) is 12.3. The molecule has 0 atom stereocenters. The molecule has 17 heavy (non-hydrogen) atoms. The number of hydrogen-bond acceptors (Lipinski definition) is 3. The smallest absolute Gasteiger partial charge is 0.135 e. The summed E-state index contributed by atoms with van der Waals surface area (Å²) in [6.07, 6.45) is 0. The van der Waals surface area contributed by atoms with Crippen molar-refractivity contribution in [3.8, 4) is 0 Å². The van der Waals surface area contributed by atoms with Crippen molar-refractivity contribution in [3.63, 3.8) is 0 Å². The molecule has 0 radical (unpaired) electrons. The van der Waals surface area contributed by atoms with E-state index in [2.05, 4.69) is 31.2 Å². The minimum Gasteiger partial charge on any atom is -0.339 e. The third-order valence-corrected chi connectivity index (χ3v) is 3.04. The van der Waals surface area contributed by atoms with Crippen LogP contribution in [0.3, 0.4) is 0 Å². The van der Waals surface area contributed by atoms with E-state index in [4.69, 9.17) is 11.6 Å². The van der Waals surface area contributed by atoms with E-state index in [1.807, 2.05) is 25.1 Å². The average molecular weight is 313 g/mol. The van der Waals surface area contributed by atoms with Crippen LogP contribution in [0.4, 0.5) is 11.5 Å². The van der Waals surface area contributed by atoms with Crippen LogP contribution in [0, 0.1) is 13.8 Å². The topological polar surface area (TPSA) is 37.8 Å². The van der Waals surface area contributed by atoms with Crippen LogP contribution in [0.25, 0.3) is 0 Å². The molecule has 0 aliphatic carbocycles.